The fraction of sp³-hybridized carbons (Fsp3) is 0.0769. The maximum absolute atomic E-state index is 3.74. The number of benzene rings is 4. The Morgan fingerprint density at radius 1 is 0.704 bits per heavy atom. The molecule has 4 rings (SSSR count). The van der Waals surface area contributed by atoms with E-state index in [4.69, 9.17) is 0 Å². The summed E-state index contributed by atoms with van der Waals surface area (Å²) in [5, 5.41) is 6.23. The molecule has 0 saturated heterocycles. The fourth-order valence-electron chi connectivity index (χ4n) is 3.31. The van der Waals surface area contributed by atoms with Crippen LogP contribution in [0.15, 0.2) is 103 Å². The van der Waals surface area contributed by atoms with Gasteiger partial charge in [0.1, 0.15) is 0 Å². The van der Waals surface area contributed by atoms with Crippen molar-refractivity contribution in [3.05, 3.63) is 120 Å². The third kappa shape index (κ3) is 4.09. The molecule has 1 nitrogen and oxygen atoms in total. The molecule has 0 aliphatic rings. The molecule has 132 valence electrons. The van der Waals surface area contributed by atoms with E-state index in [2.05, 4.69) is 115 Å². The van der Waals surface area contributed by atoms with Crippen LogP contribution in [0.1, 0.15) is 22.7 Å². The first kappa shape index (κ1) is 17.1. The van der Waals surface area contributed by atoms with Crippen LogP contribution in [-0.2, 0) is 0 Å². The highest BCUT2D eigenvalue weighted by Gasteiger charge is 2.10. The van der Waals surface area contributed by atoms with Gasteiger partial charge in [0.25, 0.3) is 0 Å². The molecule has 1 heteroatoms. The average molecular weight is 349 g/mol. The highest BCUT2D eigenvalue weighted by molar-refractivity contribution is 5.94. The first-order valence-corrected chi connectivity index (χ1v) is 9.34. The molecule has 0 aliphatic carbocycles. The molecule has 1 atom stereocenters. The molecule has 27 heavy (non-hydrogen) atoms. The van der Waals surface area contributed by atoms with Crippen molar-refractivity contribution in [3.63, 3.8) is 0 Å². The molecule has 0 heterocycles. The van der Waals surface area contributed by atoms with Crippen molar-refractivity contribution in [2.75, 3.05) is 5.32 Å². The summed E-state index contributed by atoms with van der Waals surface area (Å²) in [6.45, 7) is 2.12. The largest absolute Gasteiger partial charge is 0.374 e. The second kappa shape index (κ2) is 7.92. The molecule has 1 N–H and O–H groups in total. The van der Waals surface area contributed by atoms with Crippen molar-refractivity contribution in [1.29, 1.82) is 0 Å². The molecule has 0 spiro atoms. The normalized spacial score (nSPS) is 12.3. The van der Waals surface area contributed by atoms with Crippen LogP contribution in [0.2, 0.25) is 0 Å². The molecular weight excluding hydrogens is 326 g/mol. The van der Waals surface area contributed by atoms with E-state index < -0.39 is 0 Å². The summed E-state index contributed by atoms with van der Waals surface area (Å²) in [7, 11) is 0. The Morgan fingerprint density at radius 2 is 1.41 bits per heavy atom. The Kier molecular flexibility index (Phi) is 5.02. The maximum Gasteiger partial charge on any atom is 0.0701 e. The minimum Gasteiger partial charge on any atom is -0.374 e. The van der Waals surface area contributed by atoms with E-state index in [9.17, 15) is 0 Å². The number of anilines is 1. The van der Waals surface area contributed by atoms with Gasteiger partial charge in [-0.25, -0.2) is 0 Å². The van der Waals surface area contributed by atoms with E-state index in [0.717, 1.165) is 5.69 Å². The highest BCUT2D eigenvalue weighted by Crippen LogP contribution is 2.28. The van der Waals surface area contributed by atoms with Crippen LogP contribution in [0.3, 0.4) is 0 Å². The summed E-state index contributed by atoms with van der Waals surface area (Å²) in [6, 6.07) is 34.2. The van der Waals surface area contributed by atoms with E-state index in [-0.39, 0.29) is 6.04 Å². The standard InChI is InChI=1S/C26H23N/c1-20-14-17-23(18-15-20)25(19-16-21-8-3-2-4-9-21)27-26-13-7-11-22-10-5-6-12-24(22)26/h2-19,25,27H,1H3. The first-order chi connectivity index (χ1) is 13.3. The molecule has 0 bridgehead atoms. The zero-order valence-electron chi connectivity index (χ0n) is 15.5. The van der Waals surface area contributed by atoms with E-state index in [0.29, 0.717) is 0 Å². The number of hydrogen-bond acceptors (Lipinski definition) is 1. The molecule has 0 amide bonds. The summed E-state index contributed by atoms with van der Waals surface area (Å²) >= 11 is 0. The van der Waals surface area contributed by atoms with Gasteiger partial charge >= 0.3 is 0 Å². The Hall–Kier alpha value is -3.32. The lowest BCUT2D eigenvalue weighted by Crippen LogP contribution is -2.08. The third-order valence-corrected chi connectivity index (χ3v) is 4.82. The van der Waals surface area contributed by atoms with E-state index >= 15 is 0 Å². The highest BCUT2D eigenvalue weighted by atomic mass is 14.9. The molecular formula is C26H23N. The summed E-state index contributed by atoms with van der Waals surface area (Å²) in [5.41, 5.74) is 4.88. The van der Waals surface area contributed by atoms with Crippen LogP contribution < -0.4 is 5.32 Å². The molecule has 4 aromatic carbocycles. The van der Waals surface area contributed by atoms with Gasteiger partial charge in [-0.05, 0) is 29.5 Å². The smallest absolute Gasteiger partial charge is 0.0701 e. The second-order valence-corrected chi connectivity index (χ2v) is 6.83. The molecule has 0 aliphatic heterocycles. The zero-order valence-corrected chi connectivity index (χ0v) is 15.5. The van der Waals surface area contributed by atoms with Crippen molar-refractivity contribution >= 4 is 22.5 Å². The number of rotatable bonds is 5. The lowest BCUT2D eigenvalue weighted by atomic mass is 10.0. The van der Waals surface area contributed by atoms with Gasteiger partial charge in [0.05, 0.1) is 6.04 Å². The van der Waals surface area contributed by atoms with Crippen molar-refractivity contribution in [2.24, 2.45) is 0 Å². The topological polar surface area (TPSA) is 12.0 Å². The number of aryl methyl sites for hydroxylation is 1. The summed E-state index contributed by atoms with van der Waals surface area (Å²) in [5.74, 6) is 0. The summed E-state index contributed by atoms with van der Waals surface area (Å²) in [6.07, 6.45) is 4.42. The van der Waals surface area contributed by atoms with Gasteiger partial charge in [0, 0.05) is 11.1 Å². The van der Waals surface area contributed by atoms with Gasteiger partial charge in [0.15, 0.2) is 0 Å². The van der Waals surface area contributed by atoms with Gasteiger partial charge in [-0.1, -0.05) is 109 Å². The molecule has 1 unspecified atom stereocenters. The zero-order chi connectivity index (χ0) is 18.5. The summed E-state index contributed by atoms with van der Waals surface area (Å²) in [4.78, 5) is 0. The molecule has 0 radical (unpaired) electrons. The SMILES string of the molecule is Cc1ccc(C(C=Cc2ccccc2)Nc2cccc3ccccc23)cc1. The lowest BCUT2D eigenvalue weighted by molar-refractivity contribution is 0.991. The van der Waals surface area contributed by atoms with Gasteiger partial charge < -0.3 is 5.32 Å². The fourth-order valence-corrected chi connectivity index (χ4v) is 3.31. The average Bonchev–Trinajstić information content (AvgIpc) is 2.73. The van der Waals surface area contributed by atoms with Crippen LogP contribution in [0.25, 0.3) is 16.8 Å². The minimum atomic E-state index is 0.0941. The minimum absolute atomic E-state index is 0.0941. The van der Waals surface area contributed by atoms with Crippen LogP contribution in [-0.4, -0.2) is 0 Å². The van der Waals surface area contributed by atoms with Crippen molar-refractivity contribution in [1.82, 2.24) is 0 Å². The van der Waals surface area contributed by atoms with Crippen molar-refractivity contribution in [3.8, 4) is 0 Å². The van der Waals surface area contributed by atoms with E-state index in [1.807, 2.05) is 6.07 Å². The number of nitrogens with one attached hydrogen (secondary N) is 1. The van der Waals surface area contributed by atoms with Crippen LogP contribution in [0, 0.1) is 6.92 Å². The Morgan fingerprint density at radius 3 is 2.22 bits per heavy atom. The van der Waals surface area contributed by atoms with Crippen LogP contribution >= 0.6 is 0 Å². The van der Waals surface area contributed by atoms with Gasteiger partial charge in [-0.2, -0.15) is 0 Å². The Labute approximate surface area is 161 Å². The van der Waals surface area contributed by atoms with Crippen LogP contribution in [0.4, 0.5) is 5.69 Å². The van der Waals surface area contributed by atoms with Gasteiger partial charge in [-0.3, -0.25) is 0 Å². The van der Waals surface area contributed by atoms with Crippen LogP contribution in [0.5, 0.6) is 0 Å². The molecule has 4 aromatic rings. The van der Waals surface area contributed by atoms with Gasteiger partial charge in [0.2, 0.25) is 0 Å². The first-order valence-electron chi connectivity index (χ1n) is 9.34. The monoisotopic (exact) mass is 349 g/mol. The molecule has 0 aromatic heterocycles. The summed E-state index contributed by atoms with van der Waals surface area (Å²) < 4.78 is 0. The second-order valence-electron chi connectivity index (χ2n) is 6.83. The quantitative estimate of drug-likeness (QED) is 0.408. The number of hydrogen-bond donors (Lipinski definition) is 1. The predicted octanol–water partition coefficient (Wildman–Crippen LogP) is 7.01. The Balaban J connectivity index is 1.71. The van der Waals surface area contributed by atoms with E-state index in [1.54, 1.807) is 0 Å². The molecule has 0 saturated carbocycles. The Bertz CT molecular complexity index is 1040. The van der Waals surface area contributed by atoms with E-state index in [1.165, 1.54) is 27.5 Å². The van der Waals surface area contributed by atoms with Gasteiger partial charge in [-0.15, -0.1) is 0 Å². The predicted molar refractivity (Wildman–Crippen MR) is 117 cm³/mol. The maximum atomic E-state index is 3.74. The molecule has 0 fully saturated rings. The lowest BCUT2D eigenvalue weighted by Gasteiger charge is -2.19. The van der Waals surface area contributed by atoms with Crippen molar-refractivity contribution < 1.29 is 0 Å². The number of fused-ring (bicyclic) bond motifs is 1. The third-order valence-electron chi connectivity index (χ3n) is 4.82. The van der Waals surface area contributed by atoms with Crippen molar-refractivity contribution in [2.45, 2.75) is 13.0 Å².